The van der Waals surface area contributed by atoms with Crippen molar-refractivity contribution < 1.29 is 14.1 Å². The standard InChI is InChI=1S/C17H12N2O5/c20-16(9-11-1-5-14(6-2-11)19(22)23)18-13-4-7-15-12(10-13)3-8-17(21)24-15/h1-8,10H,9H2,(H,18,20). The molecule has 0 aliphatic rings. The highest BCUT2D eigenvalue weighted by atomic mass is 16.6. The number of anilines is 1. The van der Waals surface area contributed by atoms with Gasteiger partial charge in [-0.15, -0.1) is 0 Å². The van der Waals surface area contributed by atoms with Crippen LogP contribution in [0.25, 0.3) is 11.0 Å². The Kier molecular flexibility index (Phi) is 4.07. The number of nitrogens with zero attached hydrogens (tertiary/aromatic N) is 1. The van der Waals surface area contributed by atoms with Gasteiger partial charge in [0, 0.05) is 29.3 Å². The molecule has 0 spiro atoms. The maximum atomic E-state index is 12.1. The van der Waals surface area contributed by atoms with Gasteiger partial charge >= 0.3 is 5.63 Å². The van der Waals surface area contributed by atoms with Gasteiger partial charge in [-0.2, -0.15) is 0 Å². The fraction of sp³-hybridized carbons (Fsp3) is 0.0588. The second-order valence-electron chi connectivity index (χ2n) is 5.16. The minimum Gasteiger partial charge on any atom is -0.423 e. The molecule has 1 N–H and O–H groups in total. The Labute approximate surface area is 135 Å². The zero-order chi connectivity index (χ0) is 17.1. The molecular formula is C17H12N2O5. The Morgan fingerprint density at radius 1 is 1.08 bits per heavy atom. The van der Waals surface area contributed by atoms with E-state index in [9.17, 15) is 19.7 Å². The van der Waals surface area contributed by atoms with E-state index < -0.39 is 10.5 Å². The zero-order valence-corrected chi connectivity index (χ0v) is 12.4. The maximum absolute atomic E-state index is 12.1. The number of fused-ring (bicyclic) bond motifs is 1. The third-order valence-corrected chi connectivity index (χ3v) is 3.41. The number of amides is 1. The fourth-order valence-electron chi connectivity index (χ4n) is 2.28. The summed E-state index contributed by atoms with van der Waals surface area (Å²) in [6, 6.07) is 13.7. The van der Waals surface area contributed by atoms with Crippen molar-refractivity contribution in [3.63, 3.8) is 0 Å². The van der Waals surface area contributed by atoms with E-state index in [0.29, 0.717) is 22.2 Å². The quantitative estimate of drug-likeness (QED) is 0.451. The zero-order valence-electron chi connectivity index (χ0n) is 12.4. The van der Waals surface area contributed by atoms with Gasteiger partial charge in [-0.05, 0) is 29.8 Å². The van der Waals surface area contributed by atoms with Gasteiger partial charge in [0.2, 0.25) is 5.91 Å². The number of carbonyl (C=O) groups is 1. The first-order chi connectivity index (χ1) is 11.5. The molecule has 1 aromatic heterocycles. The van der Waals surface area contributed by atoms with Crippen molar-refractivity contribution in [3.05, 3.63) is 80.7 Å². The first-order valence-electron chi connectivity index (χ1n) is 7.08. The second-order valence-corrected chi connectivity index (χ2v) is 5.16. The van der Waals surface area contributed by atoms with Gasteiger partial charge in [-0.25, -0.2) is 4.79 Å². The molecule has 0 bridgehead atoms. The van der Waals surface area contributed by atoms with Gasteiger partial charge in [0.1, 0.15) is 5.58 Å². The molecule has 1 heterocycles. The van der Waals surface area contributed by atoms with Crippen molar-refractivity contribution >= 4 is 28.3 Å². The number of hydrogen-bond acceptors (Lipinski definition) is 5. The Morgan fingerprint density at radius 3 is 2.54 bits per heavy atom. The minimum atomic E-state index is -0.489. The Morgan fingerprint density at radius 2 is 1.83 bits per heavy atom. The van der Waals surface area contributed by atoms with Crippen LogP contribution in [0.15, 0.2) is 63.8 Å². The lowest BCUT2D eigenvalue weighted by Gasteiger charge is -2.06. The van der Waals surface area contributed by atoms with Crippen molar-refractivity contribution in [1.29, 1.82) is 0 Å². The third kappa shape index (κ3) is 3.46. The molecule has 120 valence electrons. The van der Waals surface area contributed by atoms with Gasteiger partial charge in [0.05, 0.1) is 11.3 Å². The van der Waals surface area contributed by atoms with E-state index in [2.05, 4.69) is 5.32 Å². The number of non-ortho nitro benzene ring substituents is 1. The van der Waals surface area contributed by atoms with Crippen molar-refractivity contribution in [2.75, 3.05) is 5.32 Å². The highest BCUT2D eigenvalue weighted by Gasteiger charge is 2.08. The molecule has 7 heteroatoms. The summed E-state index contributed by atoms with van der Waals surface area (Å²) >= 11 is 0. The van der Waals surface area contributed by atoms with Gasteiger partial charge in [0.25, 0.3) is 5.69 Å². The smallest absolute Gasteiger partial charge is 0.336 e. The lowest BCUT2D eigenvalue weighted by Crippen LogP contribution is -2.14. The molecular weight excluding hydrogens is 312 g/mol. The summed E-state index contributed by atoms with van der Waals surface area (Å²) in [6.07, 6.45) is 0.0971. The van der Waals surface area contributed by atoms with Crippen LogP contribution in [0.1, 0.15) is 5.56 Å². The van der Waals surface area contributed by atoms with Crippen LogP contribution >= 0.6 is 0 Å². The molecule has 24 heavy (non-hydrogen) atoms. The largest absolute Gasteiger partial charge is 0.423 e. The van der Waals surface area contributed by atoms with E-state index in [4.69, 9.17) is 4.42 Å². The van der Waals surface area contributed by atoms with E-state index >= 15 is 0 Å². The predicted molar refractivity (Wildman–Crippen MR) is 87.9 cm³/mol. The third-order valence-electron chi connectivity index (χ3n) is 3.41. The lowest BCUT2D eigenvalue weighted by atomic mass is 10.1. The molecule has 0 saturated carbocycles. The summed E-state index contributed by atoms with van der Waals surface area (Å²) in [7, 11) is 0. The van der Waals surface area contributed by atoms with Crippen LogP contribution in [0.5, 0.6) is 0 Å². The molecule has 3 rings (SSSR count). The number of nitro groups is 1. The molecule has 0 aliphatic heterocycles. The first kappa shape index (κ1) is 15.4. The van der Waals surface area contributed by atoms with E-state index in [1.54, 1.807) is 36.4 Å². The summed E-state index contributed by atoms with van der Waals surface area (Å²) in [5.74, 6) is -0.249. The summed E-state index contributed by atoms with van der Waals surface area (Å²) in [5, 5.41) is 14.0. The average molecular weight is 324 g/mol. The van der Waals surface area contributed by atoms with Crippen molar-refractivity contribution in [2.24, 2.45) is 0 Å². The highest BCUT2D eigenvalue weighted by Crippen LogP contribution is 2.18. The van der Waals surface area contributed by atoms with Crippen LogP contribution in [0.3, 0.4) is 0 Å². The summed E-state index contributed by atoms with van der Waals surface area (Å²) in [6.45, 7) is 0. The fourth-order valence-corrected chi connectivity index (χ4v) is 2.28. The van der Waals surface area contributed by atoms with Crippen molar-refractivity contribution in [1.82, 2.24) is 0 Å². The number of nitro benzene ring substituents is 1. The van der Waals surface area contributed by atoms with Crippen LogP contribution in [0.4, 0.5) is 11.4 Å². The molecule has 0 radical (unpaired) electrons. The number of nitrogens with one attached hydrogen (secondary N) is 1. The molecule has 0 aliphatic carbocycles. The summed E-state index contributed by atoms with van der Waals surface area (Å²) < 4.78 is 5.02. The Hall–Kier alpha value is -3.48. The number of rotatable bonds is 4. The Balaban J connectivity index is 1.71. The molecule has 1 amide bonds. The number of benzene rings is 2. The van der Waals surface area contributed by atoms with E-state index in [1.807, 2.05) is 0 Å². The summed E-state index contributed by atoms with van der Waals surface area (Å²) in [4.78, 5) is 33.3. The molecule has 0 unspecified atom stereocenters. The van der Waals surface area contributed by atoms with Gasteiger partial charge < -0.3 is 9.73 Å². The van der Waals surface area contributed by atoms with E-state index in [-0.39, 0.29) is 18.0 Å². The molecule has 0 saturated heterocycles. The second kappa shape index (κ2) is 6.33. The average Bonchev–Trinajstić information content (AvgIpc) is 2.55. The molecule has 2 aromatic carbocycles. The normalized spacial score (nSPS) is 10.5. The van der Waals surface area contributed by atoms with E-state index in [0.717, 1.165) is 0 Å². The summed E-state index contributed by atoms with van der Waals surface area (Å²) in [5.41, 5.74) is 1.23. The van der Waals surface area contributed by atoms with E-state index in [1.165, 1.54) is 18.2 Å². The molecule has 0 fully saturated rings. The molecule has 3 aromatic rings. The van der Waals surface area contributed by atoms with Crippen LogP contribution in [-0.2, 0) is 11.2 Å². The lowest BCUT2D eigenvalue weighted by molar-refractivity contribution is -0.384. The maximum Gasteiger partial charge on any atom is 0.336 e. The van der Waals surface area contributed by atoms with Crippen molar-refractivity contribution in [3.8, 4) is 0 Å². The monoisotopic (exact) mass is 324 g/mol. The SMILES string of the molecule is O=C(Cc1ccc([N+](=O)[O-])cc1)Nc1ccc2oc(=O)ccc2c1. The van der Waals surface area contributed by atoms with Gasteiger partial charge in [-0.1, -0.05) is 12.1 Å². The number of carbonyl (C=O) groups excluding carboxylic acids is 1. The highest BCUT2D eigenvalue weighted by molar-refractivity contribution is 5.94. The molecule has 7 nitrogen and oxygen atoms in total. The minimum absolute atomic E-state index is 0.0184. The van der Waals surface area contributed by atoms with Crippen molar-refractivity contribution in [2.45, 2.75) is 6.42 Å². The van der Waals surface area contributed by atoms with Crippen LogP contribution in [-0.4, -0.2) is 10.8 Å². The van der Waals surface area contributed by atoms with Gasteiger partial charge in [0.15, 0.2) is 0 Å². The van der Waals surface area contributed by atoms with Crippen LogP contribution in [0, 0.1) is 10.1 Å². The van der Waals surface area contributed by atoms with Crippen LogP contribution < -0.4 is 10.9 Å². The first-order valence-corrected chi connectivity index (χ1v) is 7.08. The number of hydrogen-bond donors (Lipinski definition) is 1. The van der Waals surface area contributed by atoms with Gasteiger partial charge in [-0.3, -0.25) is 14.9 Å². The topological polar surface area (TPSA) is 102 Å². The predicted octanol–water partition coefficient (Wildman–Crippen LogP) is 2.88. The Bertz CT molecular complexity index is 976. The van der Waals surface area contributed by atoms with Crippen LogP contribution in [0.2, 0.25) is 0 Å². The molecule has 0 atom stereocenters.